The van der Waals surface area contributed by atoms with Gasteiger partial charge in [0, 0.05) is 20.1 Å². The van der Waals surface area contributed by atoms with Crippen molar-refractivity contribution in [3.05, 3.63) is 0 Å². The highest BCUT2D eigenvalue weighted by Crippen LogP contribution is 2.34. The number of methoxy groups -OCH3 is 1. The SMILES string of the molecule is COC1COCCC1(O)C(C)C(C)C. The first-order chi connectivity index (χ1) is 6.52. The van der Waals surface area contributed by atoms with Crippen LogP contribution in [-0.2, 0) is 9.47 Å². The number of ether oxygens (including phenoxy) is 2. The quantitative estimate of drug-likeness (QED) is 0.752. The largest absolute Gasteiger partial charge is 0.387 e. The summed E-state index contributed by atoms with van der Waals surface area (Å²) in [5, 5.41) is 10.6. The summed E-state index contributed by atoms with van der Waals surface area (Å²) < 4.78 is 10.6. The summed E-state index contributed by atoms with van der Waals surface area (Å²) in [4.78, 5) is 0. The molecular formula is C11H22O3. The molecule has 1 rings (SSSR count). The molecule has 1 N–H and O–H groups in total. The molecule has 14 heavy (non-hydrogen) atoms. The van der Waals surface area contributed by atoms with Crippen molar-refractivity contribution < 1.29 is 14.6 Å². The molecule has 0 aromatic heterocycles. The van der Waals surface area contributed by atoms with Crippen LogP contribution in [0.15, 0.2) is 0 Å². The average Bonchev–Trinajstić information content (AvgIpc) is 2.17. The van der Waals surface area contributed by atoms with Gasteiger partial charge in [0.05, 0.1) is 12.2 Å². The maximum atomic E-state index is 10.6. The first kappa shape index (κ1) is 12.0. The van der Waals surface area contributed by atoms with E-state index in [1.54, 1.807) is 7.11 Å². The lowest BCUT2D eigenvalue weighted by Crippen LogP contribution is -2.55. The zero-order valence-corrected chi connectivity index (χ0v) is 9.62. The van der Waals surface area contributed by atoms with Crippen molar-refractivity contribution in [3.63, 3.8) is 0 Å². The van der Waals surface area contributed by atoms with Gasteiger partial charge in [-0.3, -0.25) is 0 Å². The molecule has 1 aliphatic rings. The fourth-order valence-electron chi connectivity index (χ4n) is 2.10. The van der Waals surface area contributed by atoms with Crippen LogP contribution in [0.3, 0.4) is 0 Å². The lowest BCUT2D eigenvalue weighted by molar-refractivity contribution is -0.193. The molecule has 3 atom stereocenters. The van der Waals surface area contributed by atoms with E-state index >= 15 is 0 Å². The van der Waals surface area contributed by atoms with Crippen molar-refractivity contribution in [2.24, 2.45) is 11.8 Å². The molecule has 3 heteroatoms. The Morgan fingerprint density at radius 1 is 1.43 bits per heavy atom. The topological polar surface area (TPSA) is 38.7 Å². The zero-order chi connectivity index (χ0) is 10.8. The second-order valence-electron chi connectivity index (χ2n) is 4.57. The maximum Gasteiger partial charge on any atom is 0.109 e. The van der Waals surface area contributed by atoms with Crippen LogP contribution in [0.4, 0.5) is 0 Å². The molecular weight excluding hydrogens is 180 g/mol. The van der Waals surface area contributed by atoms with E-state index < -0.39 is 5.60 Å². The third kappa shape index (κ3) is 2.10. The van der Waals surface area contributed by atoms with Crippen LogP contribution in [-0.4, -0.2) is 37.1 Å². The Morgan fingerprint density at radius 3 is 2.57 bits per heavy atom. The highest BCUT2D eigenvalue weighted by atomic mass is 16.5. The number of aliphatic hydroxyl groups is 1. The highest BCUT2D eigenvalue weighted by molar-refractivity contribution is 4.95. The van der Waals surface area contributed by atoms with E-state index in [1.807, 2.05) is 0 Å². The molecule has 0 radical (unpaired) electrons. The van der Waals surface area contributed by atoms with Crippen LogP contribution in [0, 0.1) is 11.8 Å². The first-order valence-electron chi connectivity index (χ1n) is 5.35. The Balaban J connectivity index is 2.76. The van der Waals surface area contributed by atoms with Gasteiger partial charge in [0.1, 0.15) is 6.10 Å². The fraction of sp³-hybridized carbons (Fsp3) is 1.00. The van der Waals surface area contributed by atoms with Crippen LogP contribution < -0.4 is 0 Å². The second kappa shape index (κ2) is 4.60. The Hall–Kier alpha value is -0.120. The summed E-state index contributed by atoms with van der Waals surface area (Å²) >= 11 is 0. The van der Waals surface area contributed by atoms with Crippen molar-refractivity contribution in [1.29, 1.82) is 0 Å². The van der Waals surface area contributed by atoms with Gasteiger partial charge in [0.25, 0.3) is 0 Å². The summed E-state index contributed by atoms with van der Waals surface area (Å²) in [6.07, 6.45) is 0.485. The minimum absolute atomic E-state index is 0.186. The van der Waals surface area contributed by atoms with Gasteiger partial charge in [-0.1, -0.05) is 20.8 Å². The van der Waals surface area contributed by atoms with Gasteiger partial charge < -0.3 is 14.6 Å². The monoisotopic (exact) mass is 202 g/mol. The molecule has 1 aliphatic heterocycles. The molecule has 0 bridgehead atoms. The Labute approximate surface area is 86.4 Å². The van der Waals surface area contributed by atoms with Gasteiger partial charge in [-0.2, -0.15) is 0 Å². The van der Waals surface area contributed by atoms with E-state index in [4.69, 9.17) is 9.47 Å². The van der Waals surface area contributed by atoms with Gasteiger partial charge in [-0.05, 0) is 11.8 Å². The van der Waals surface area contributed by atoms with Gasteiger partial charge in [-0.25, -0.2) is 0 Å². The minimum Gasteiger partial charge on any atom is -0.387 e. The standard InChI is InChI=1S/C11H22O3/c1-8(2)9(3)11(12)5-6-14-7-10(11)13-4/h8-10,12H,5-7H2,1-4H3. The van der Waals surface area contributed by atoms with Gasteiger partial charge >= 0.3 is 0 Å². The van der Waals surface area contributed by atoms with E-state index in [9.17, 15) is 5.11 Å². The predicted molar refractivity (Wildman–Crippen MR) is 55.2 cm³/mol. The lowest BCUT2D eigenvalue weighted by atomic mass is 9.74. The molecule has 84 valence electrons. The fourth-order valence-corrected chi connectivity index (χ4v) is 2.10. The van der Waals surface area contributed by atoms with Crippen molar-refractivity contribution in [1.82, 2.24) is 0 Å². The smallest absolute Gasteiger partial charge is 0.109 e. The molecule has 0 aromatic rings. The van der Waals surface area contributed by atoms with Gasteiger partial charge in [0.15, 0.2) is 0 Å². The molecule has 0 saturated carbocycles. The lowest BCUT2D eigenvalue weighted by Gasteiger charge is -2.44. The van der Waals surface area contributed by atoms with E-state index in [-0.39, 0.29) is 12.0 Å². The summed E-state index contributed by atoms with van der Waals surface area (Å²) in [5.74, 6) is 0.687. The van der Waals surface area contributed by atoms with E-state index in [1.165, 1.54) is 0 Å². The molecule has 0 spiro atoms. The Bertz CT molecular complexity index is 177. The van der Waals surface area contributed by atoms with Crippen molar-refractivity contribution in [2.75, 3.05) is 20.3 Å². The van der Waals surface area contributed by atoms with Gasteiger partial charge in [-0.15, -0.1) is 0 Å². The van der Waals surface area contributed by atoms with Crippen LogP contribution in [0.2, 0.25) is 0 Å². The summed E-state index contributed by atoms with van der Waals surface area (Å²) in [6, 6.07) is 0. The second-order valence-corrected chi connectivity index (χ2v) is 4.57. The molecule has 1 fully saturated rings. The molecule has 3 nitrogen and oxygen atoms in total. The molecule has 3 unspecified atom stereocenters. The number of hydrogen-bond donors (Lipinski definition) is 1. The molecule has 1 saturated heterocycles. The Kier molecular flexibility index (Phi) is 3.93. The summed E-state index contributed by atoms with van der Waals surface area (Å²) in [5.41, 5.74) is -0.721. The van der Waals surface area contributed by atoms with Crippen molar-refractivity contribution in [3.8, 4) is 0 Å². The highest BCUT2D eigenvalue weighted by Gasteiger charge is 2.45. The summed E-state index contributed by atoms with van der Waals surface area (Å²) in [6.45, 7) is 7.48. The average molecular weight is 202 g/mol. The zero-order valence-electron chi connectivity index (χ0n) is 9.62. The maximum absolute atomic E-state index is 10.6. The number of hydrogen-bond acceptors (Lipinski definition) is 3. The third-order valence-electron chi connectivity index (χ3n) is 3.55. The predicted octanol–water partition coefficient (Wildman–Crippen LogP) is 1.44. The Morgan fingerprint density at radius 2 is 2.07 bits per heavy atom. The van der Waals surface area contributed by atoms with E-state index in [0.717, 1.165) is 0 Å². The van der Waals surface area contributed by atoms with Crippen molar-refractivity contribution in [2.45, 2.75) is 38.9 Å². The van der Waals surface area contributed by atoms with Crippen LogP contribution in [0.1, 0.15) is 27.2 Å². The molecule has 0 aromatic carbocycles. The van der Waals surface area contributed by atoms with Crippen LogP contribution >= 0.6 is 0 Å². The van der Waals surface area contributed by atoms with Crippen LogP contribution in [0.5, 0.6) is 0 Å². The summed E-state index contributed by atoms with van der Waals surface area (Å²) in [7, 11) is 1.64. The normalized spacial score (nSPS) is 36.0. The van der Waals surface area contributed by atoms with Crippen molar-refractivity contribution >= 4 is 0 Å². The first-order valence-corrected chi connectivity index (χ1v) is 5.35. The minimum atomic E-state index is -0.721. The third-order valence-corrected chi connectivity index (χ3v) is 3.55. The van der Waals surface area contributed by atoms with E-state index in [0.29, 0.717) is 25.6 Å². The van der Waals surface area contributed by atoms with Crippen LogP contribution in [0.25, 0.3) is 0 Å². The molecule has 0 amide bonds. The van der Waals surface area contributed by atoms with Gasteiger partial charge in [0.2, 0.25) is 0 Å². The van der Waals surface area contributed by atoms with E-state index in [2.05, 4.69) is 20.8 Å². The molecule has 0 aliphatic carbocycles. The number of rotatable bonds is 3. The molecule has 1 heterocycles.